The summed E-state index contributed by atoms with van der Waals surface area (Å²) < 4.78 is 0. The van der Waals surface area contributed by atoms with Crippen LogP contribution in [-0.2, 0) is 0 Å². The van der Waals surface area contributed by atoms with Gasteiger partial charge in [0, 0.05) is 20.7 Å². The summed E-state index contributed by atoms with van der Waals surface area (Å²) in [6, 6.07) is 0. The maximum Gasteiger partial charge on any atom is 0.0506 e. The average molecular weight is 217 g/mol. The summed E-state index contributed by atoms with van der Waals surface area (Å²) >= 11 is 0. The molecule has 0 aromatic rings. The van der Waals surface area contributed by atoms with Gasteiger partial charge in [-0.25, -0.2) is 0 Å². The zero-order valence-electron chi connectivity index (χ0n) is 9.59. The fourth-order valence-electron chi connectivity index (χ4n) is 0.602. The zero-order chi connectivity index (χ0) is 11.6. The third-order valence-electron chi connectivity index (χ3n) is 1.39. The highest BCUT2D eigenvalue weighted by atomic mass is 31.0. The van der Waals surface area contributed by atoms with Gasteiger partial charge in [0.05, 0.1) is 5.71 Å². The molecule has 0 bridgehead atoms. The lowest BCUT2D eigenvalue weighted by Crippen LogP contribution is -2.14. The van der Waals surface area contributed by atoms with Crippen LogP contribution in [0.1, 0.15) is 22.2 Å². The van der Waals surface area contributed by atoms with Crippen molar-refractivity contribution in [2.45, 2.75) is 20.8 Å². The van der Waals surface area contributed by atoms with Gasteiger partial charge in [0.2, 0.25) is 0 Å². The molecule has 0 aliphatic carbocycles. The van der Waals surface area contributed by atoms with Crippen molar-refractivity contribution in [1.82, 2.24) is 5.09 Å². The maximum absolute atomic E-state index is 5.67. The molecule has 0 fully saturated rings. The van der Waals surface area contributed by atoms with Crippen molar-refractivity contribution < 1.29 is 1.43 Å². The van der Waals surface area contributed by atoms with Crippen molar-refractivity contribution in [2.75, 3.05) is 13.6 Å². The van der Waals surface area contributed by atoms with Crippen molar-refractivity contribution >= 4 is 15.1 Å². The molecule has 4 heteroatoms. The van der Waals surface area contributed by atoms with Crippen LogP contribution in [0.4, 0.5) is 0 Å². The first-order valence-electron chi connectivity index (χ1n) is 4.64. The molecular weight excluding hydrogens is 193 g/mol. The summed E-state index contributed by atoms with van der Waals surface area (Å²) in [5.41, 5.74) is 8.11. The molecule has 0 radical (unpaired) electrons. The van der Waals surface area contributed by atoms with Crippen molar-refractivity contribution in [3.63, 3.8) is 0 Å². The molecule has 0 spiro atoms. The molecule has 1 atom stereocenters. The third-order valence-corrected chi connectivity index (χ3v) is 1.59. The summed E-state index contributed by atoms with van der Waals surface area (Å²) in [5, 5.41) is 2.92. The molecule has 84 valence electrons. The minimum atomic E-state index is 0. The fraction of sp³-hybridized carbons (Fsp3) is 0.500. The molecule has 0 aliphatic rings. The van der Waals surface area contributed by atoms with Gasteiger partial charge < -0.3 is 5.73 Å². The highest BCUT2D eigenvalue weighted by Gasteiger charge is 1.94. The molecular formula is C10H24N3P. The second-order valence-electron chi connectivity index (χ2n) is 2.48. The van der Waals surface area contributed by atoms with Gasteiger partial charge in [-0.2, -0.15) is 0 Å². The van der Waals surface area contributed by atoms with Crippen LogP contribution in [0.2, 0.25) is 0 Å². The van der Waals surface area contributed by atoms with E-state index in [0.29, 0.717) is 12.2 Å². The summed E-state index contributed by atoms with van der Waals surface area (Å²) in [7, 11) is 4.15. The first-order valence-corrected chi connectivity index (χ1v) is 5.21. The van der Waals surface area contributed by atoms with E-state index in [4.69, 9.17) is 5.73 Å². The molecule has 0 amide bonds. The normalized spacial score (nSPS) is 11.8. The smallest absolute Gasteiger partial charge is 0.0506 e. The van der Waals surface area contributed by atoms with Crippen LogP contribution in [0.25, 0.3) is 0 Å². The second-order valence-corrected chi connectivity index (χ2v) is 2.88. The Morgan fingerprint density at radius 2 is 2.14 bits per heavy atom. The number of nitrogens with one attached hydrogen (secondary N) is 1. The maximum atomic E-state index is 5.67. The number of aliphatic imine (C=N–C) groups is 1. The molecule has 0 rings (SSSR count). The van der Waals surface area contributed by atoms with Crippen LogP contribution in [0.3, 0.4) is 0 Å². The minimum absolute atomic E-state index is 0. The Morgan fingerprint density at radius 3 is 2.43 bits per heavy atom. The summed E-state index contributed by atoms with van der Waals surface area (Å²) in [5.74, 6) is 0. The van der Waals surface area contributed by atoms with Crippen LogP contribution >= 0.6 is 9.39 Å². The Balaban J connectivity index is -0.000000449. The first-order chi connectivity index (χ1) is 6.61. The Bertz CT molecular complexity index is 225. The van der Waals surface area contributed by atoms with Gasteiger partial charge in [0.1, 0.15) is 0 Å². The lowest BCUT2D eigenvalue weighted by molar-refractivity contribution is 1.16. The Hall–Kier alpha value is -0.660. The number of rotatable bonds is 4. The van der Waals surface area contributed by atoms with Gasteiger partial charge in [-0.1, -0.05) is 29.8 Å². The summed E-state index contributed by atoms with van der Waals surface area (Å²) in [6.45, 7) is 10.3. The fourth-order valence-corrected chi connectivity index (χ4v) is 0.811. The van der Waals surface area contributed by atoms with Gasteiger partial charge >= 0.3 is 0 Å². The van der Waals surface area contributed by atoms with Crippen LogP contribution in [0, 0.1) is 0 Å². The molecule has 3 N–H and O–H groups in total. The first kappa shape index (κ1) is 15.8. The number of nitrogens with two attached hydrogens (primary N) is 1. The second kappa shape index (κ2) is 10.4. The molecule has 0 aromatic heterocycles. The van der Waals surface area contributed by atoms with E-state index in [-0.39, 0.29) is 1.43 Å². The number of nitrogens with zero attached hydrogens (tertiary/aromatic N) is 1. The van der Waals surface area contributed by atoms with E-state index in [1.165, 1.54) is 0 Å². The van der Waals surface area contributed by atoms with E-state index < -0.39 is 0 Å². The molecule has 0 aliphatic heterocycles. The number of allylic oxidation sites excluding steroid dienone is 1. The Labute approximate surface area is 91.3 Å². The van der Waals surface area contributed by atoms with Crippen LogP contribution < -0.4 is 10.8 Å². The SMILES string of the molecule is C=C(C)/C(N)=C\C(CNP)=NC.CC.[HH]. The van der Waals surface area contributed by atoms with Crippen LogP contribution in [0.5, 0.6) is 0 Å². The molecule has 0 aromatic carbocycles. The largest absolute Gasteiger partial charge is 0.398 e. The van der Waals surface area contributed by atoms with E-state index in [2.05, 4.69) is 26.0 Å². The molecule has 14 heavy (non-hydrogen) atoms. The Morgan fingerprint density at radius 1 is 1.64 bits per heavy atom. The minimum Gasteiger partial charge on any atom is -0.398 e. The number of hydrogen-bond acceptors (Lipinski definition) is 3. The van der Waals surface area contributed by atoms with Crippen LogP contribution in [-0.4, -0.2) is 19.3 Å². The zero-order valence-corrected chi connectivity index (χ0v) is 10.7. The van der Waals surface area contributed by atoms with E-state index in [1.54, 1.807) is 7.05 Å². The monoisotopic (exact) mass is 217 g/mol. The molecule has 0 saturated carbocycles. The third kappa shape index (κ3) is 7.96. The molecule has 3 nitrogen and oxygen atoms in total. The van der Waals surface area contributed by atoms with E-state index >= 15 is 0 Å². The van der Waals surface area contributed by atoms with Gasteiger partial charge in [0.15, 0.2) is 0 Å². The highest BCUT2D eigenvalue weighted by molar-refractivity contribution is 7.13. The number of hydrogen-bond donors (Lipinski definition) is 2. The summed E-state index contributed by atoms with van der Waals surface area (Å²) in [6.07, 6.45) is 1.82. The topological polar surface area (TPSA) is 50.4 Å². The van der Waals surface area contributed by atoms with Gasteiger partial charge in [-0.3, -0.25) is 10.1 Å². The van der Waals surface area contributed by atoms with Gasteiger partial charge in [0.25, 0.3) is 0 Å². The van der Waals surface area contributed by atoms with E-state index in [9.17, 15) is 0 Å². The van der Waals surface area contributed by atoms with Gasteiger partial charge in [-0.15, -0.1) is 0 Å². The van der Waals surface area contributed by atoms with Crippen LogP contribution in [0.15, 0.2) is 28.9 Å². The van der Waals surface area contributed by atoms with Crippen molar-refractivity contribution in [3.8, 4) is 0 Å². The molecule has 0 saturated heterocycles. The van der Waals surface area contributed by atoms with E-state index in [1.807, 2.05) is 26.8 Å². The Kier molecular flexibility index (Phi) is 11.8. The quantitative estimate of drug-likeness (QED) is 0.430. The standard InChI is InChI=1S/C8H16N3P.C2H6.H2/c1-6(2)8(9)4-7(10-3)5-11-12;1-2;/h4,11H,1,5,9,12H2,2-3H3;1-2H3;1H/b8-4+,10-7?;;. The van der Waals surface area contributed by atoms with Crippen molar-refractivity contribution in [2.24, 2.45) is 10.7 Å². The van der Waals surface area contributed by atoms with Gasteiger partial charge in [-0.05, 0) is 18.6 Å². The highest BCUT2D eigenvalue weighted by Crippen LogP contribution is 1.98. The average Bonchev–Trinajstić information content (AvgIpc) is 2.19. The van der Waals surface area contributed by atoms with E-state index in [0.717, 1.165) is 11.3 Å². The molecule has 0 heterocycles. The lowest BCUT2D eigenvalue weighted by Gasteiger charge is -2.01. The lowest BCUT2D eigenvalue weighted by atomic mass is 10.2. The van der Waals surface area contributed by atoms with Crippen molar-refractivity contribution in [3.05, 3.63) is 23.9 Å². The van der Waals surface area contributed by atoms with Crippen molar-refractivity contribution in [1.29, 1.82) is 0 Å². The predicted molar refractivity (Wildman–Crippen MR) is 71.6 cm³/mol. The molecule has 1 unspecified atom stereocenters. The summed E-state index contributed by atoms with van der Waals surface area (Å²) in [4.78, 5) is 4.04. The predicted octanol–water partition coefficient (Wildman–Crippen LogP) is 2.13.